The Bertz CT molecular complexity index is 568. The van der Waals surface area contributed by atoms with Gasteiger partial charge < -0.3 is 10.2 Å². The monoisotopic (exact) mass is 430 g/mol. The summed E-state index contributed by atoms with van der Waals surface area (Å²) >= 11 is 0. The molecule has 1 heterocycles. The molecule has 1 aromatic carbocycles. The van der Waals surface area contributed by atoms with Crippen LogP contribution in [-0.2, 0) is 0 Å². The van der Waals surface area contributed by atoms with Gasteiger partial charge in [-0.25, -0.2) is 0 Å². The van der Waals surface area contributed by atoms with Gasteiger partial charge in [0.05, 0.1) is 0 Å². The summed E-state index contributed by atoms with van der Waals surface area (Å²) in [6.07, 6.45) is 21.7. The predicted molar refractivity (Wildman–Crippen MR) is 136 cm³/mol. The van der Waals surface area contributed by atoms with E-state index in [4.69, 9.17) is 4.84 Å². The molecule has 1 fully saturated rings. The number of unbranched alkanes of at least 4 members (excludes halogenated alkanes) is 9. The van der Waals surface area contributed by atoms with Crippen LogP contribution in [0.5, 0.6) is 5.75 Å². The lowest BCUT2D eigenvalue weighted by Crippen LogP contribution is -2.33. The van der Waals surface area contributed by atoms with Crippen molar-refractivity contribution in [2.45, 2.75) is 130 Å². The Kier molecular flexibility index (Phi) is 13.8. The number of rotatable bonds is 17. The first kappa shape index (κ1) is 26.0. The van der Waals surface area contributed by atoms with E-state index in [2.05, 4.69) is 49.4 Å². The zero-order valence-corrected chi connectivity index (χ0v) is 20.9. The summed E-state index contributed by atoms with van der Waals surface area (Å²) in [5.41, 5.74) is 2.47. The SMILES string of the molecule is CCCCCCCCCCCCC(CCC)Nc1ccc(ON2CCCCC2)c(C)c1. The smallest absolute Gasteiger partial charge is 0.150 e. The fraction of sp³-hybridized carbons (Fsp3) is 0.786. The summed E-state index contributed by atoms with van der Waals surface area (Å²) < 4.78 is 0. The number of piperidine rings is 1. The highest BCUT2D eigenvalue weighted by atomic mass is 16.7. The quantitative estimate of drug-likeness (QED) is 0.250. The molecule has 0 saturated carbocycles. The summed E-state index contributed by atoms with van der Waals surface area (Å²) in [5.74, 6) is 1.01. The highest BCUT2D eigenvalue weighted by Gasteiger charge is 2.14. The number of benzene rings is 1. The van der Waals surface area contributed by atoms with E-state index >= 15 is 0 Å². The molecule has 3 nitrogen and oxygen atoms in total. The second-order valence-electron chi connectivity index (χ2n) is 9.66. The average molecular weight is 431 g/mol. The number of anilines is 1. The van der Waals surface area contributed by atoms with E-state index in [9.17, 15) is 0 Å². The zero-order chi connectivity index (χ0) is 22.2. The number of hydrogen-bond acceptors (Lipinski definition) is 3. The number of hydroxylamine groups is 2. The molecule has 1 aliphatic rings. The topological polar surface area (TPSA) is 24.5 Å². The molecule has 0 radical (unpaired) electrons. The zero-order valence-electron chi connectivity index (χ0n) is 20.9. The maximum Gasteiger partial charge on any atom is 0.150 e. The first-order valence-corrected chi connectivity index (χ1v) is 13.5. The molecular weight excluding hydrogens is 380 g/mol. The number of aryl methyl sites for hydroxylation is 1. The molecule has 1 unspecified atom stereocenters. The molecule has 0 bridgehead atoms. The number of nitrogens with one attached hydrogen (secondary N) is 1. The largest absolute Gasteiger partial charge is 0.406 e. The van der Waals surface area contributed by atoms with Gasteiger partial charge in [0, 0.05) is 24.8 Å². The maximum absolute atomic E-state index is 6.14. The van der Waals surface area contributed by atoms with Crippen LogP contribution in [0.25, 0.3) is 0 Å². The molecule has 1 aromatic rings. The standard InChI is InChI=1S/C28H50N2O/c1-4-6-7-8-9-10-11-12-13-15-19-26(18-5-2)29-27-20-21-28(25(3)24-27)31-30-22-16-14-17-23-30/h20-21,24,26,29H,4-19,22-23H2,1-3H3. The lowest BCUT2D eigenvalue weighted by atomic mass is 10.0. The molecule has 1 atom stereocenters. The third-order valence-electron chi connectivity index (χ3n) is 6.63. The van der Waals surface area contributed by atoms with E-state index in [0.717, 1.165) is 18.8 Å². The summed E-state index contributed by atoms with van der Waals surface area (Å²) in [5, 5.41) is 5.94. The summed E-state index contributed by atoms with van der Waals surface area (Å²) in [6.45, 7) is 8.87. The first-order valence-electron chi connectivity index (χ1n) is 13.5. The number of nitrogens with zero attached hydrogens (tertiary/aromatic N) is 1. The predicted octanol–water partition coefficient (Wildman–Crippen LogP) is 8.67. The normalized spacial score (nSPS) is 15.7. The molecule has 0 aliphatic carbocycles. The van der Waals surface area contributed by atoms with Gasteiger partial charge in [-0.1, -0.05) is 90.9 Å². The minimum Gasteiger partial charge on any atom is -0.406 e. The van der Waals surface area contributed by atoms with Crippen LogP contribution in [0.3, 0.4) is 0 Å². The molecule has 1 saturated heterocycles. The van der Waals surface area contributed by atoms with Crippen molar-refractivity contribution in [3.63, 3.8) is 0 Å². The second-order valence-corrected chi connectivity index (χ2v) is 9.66. The van der Waals surface area contributed by atoms with Crippen molar-refractivity contribution in [3.05, 3.63) is 23.8 Å². The van der Waals surface area contributed by atoms with E-state index in [-0.39, 0.29) is 0 Å². The van der Waals surface area contributed by atoms with Crippen molar-refractivity contribution in [1.82, 2.24) is 5.06 Å². The van der Waals surface area contributed by atoms with Crippen molar-refractivity contribution < 1.29 is 4.84 Å². The van der Waals surface area contributed by atoms with Gasteiger partial charge in [-0.2, -0.15) is 0 Å². The fourth-order valence-electron chi connectivity index (χ4n) is 4.69. The van der Waals surface area contributed by atoms with E-state index < -0.39 is 0 Å². The van der Waals surface area contributed by atoms with Crippen LogP contribution in [0.1, 0.15) is 122 Å². The lowest BCUT2D eigenvalue weighted by molar-refractivity contribution is -0.0725. The fourth-order valence-corrected chi connectivity index (χ4v) is 4.69. The Morgan fingerprint density at radius 1 is 0.806 bits per heavy atom. The summed E-state index contributed by atoms with van der Waals surface area (Å²) in [6, 6.07) is 7.20. The van der Waals surface area contributed by atoms with Gasteiger partial charge in [0.2, 0.25) is 0 Å². The van der Waals surface area contributed by atoms with Crippen LogP contribution in [0.2, 0.25) is 0 Å². The van der Waals surface area contributed by atoms with Crippen LogP contribution < -0.4 is 10.2 Å². The summed E-state index contributed by atoms with van der Waals surface area (Å²) in [4.78, 5) is 6.14. The third-order valence-corrected chi connectivity index (χ3v) is 6.63. The highest BCUT2D eigenvalue weighted by molar-refractivity contribution is 5.51. The minimum atomic E-state index is 0.590. The first-order chi connectivity index (χ1) is 15.2. The van der Waals surface area contributed by atoms with Crippen LogP contribution in [0.15, 0.2) is 18.2 Å². The Morgan fingerprint density at radius 2 is 1.45 bits per heavy atom. The van der Waals surface area contributed by atoms with Crippen molar-refractivity contribution in [2.24, 2.45) is 0 Å². The molecule has 0 amide bonds. The van der Waals surface area contributed by atoms with Gasteiger partial charge >= 0.3 is 0 Å². The third kappa shape index (κ3) is 11.3. The van der Waals surface area contributed by atoms with E-state index in [1.165, 1.54) is 114 Å². The van der Waals surface area contributed by atoms with Gasteiger partial charge in [-0.3, -0.25) is 0 Å². The van der Waals surface area contributed by atoms with E-state index in [0.29, 0.717) is 6.04 Å². The van der Waals surface area contributed by atoms with Gasteiger partial charge in [0.1, 0.15) is 0 Å². The molecule has 1 N–H and O–H groups in total. The Morgan fingerprint density at radius 3 is 2.06 bits per heavy atom. The van der Waals surface area contributed by atoms with Gasteiger partial charge in [-0.05, 0) is 56.4 Å². The molecule has 3 heteroatoms. The van der Waals surface area contributed by atoms with Crippen LogP contribution in [0.4, 0.5) is 5.69 Å². The van der Waals surface area contributed by atoms with Gasteiger partial charge in [0.25, 0.3) is 0 Å². The molecule has 178 valence electrons. The molecule has 1 aliphatic heterocycles. The van der Waals surface area contributed by atoms with Gasteiger partial charge in [0.15, 0.2) is 5.75 Å². The highest BCUT2D eigenvalue weighted by Crippen LogP contribution is 2.25. The molecule has 31 heavy (non-hydrogen) atoms. The molecule has 0 spiro atoms. The van der Waals surface area contributed by atoms with Crippen molar-refractivity contribution in [3.8, 4) is 5.75 Å². The lowest BCUT2D eigenvalue weighted by Gasteiger charge is -2.27. The van der Waals surface area contributed by atoms with Crippen molar-refractivity contribution in [1.29, 1.82) is 0 Å². The average Bonchev–Trinajstić information content (AvgIpc) is 2.78. The Hall–Kier alpha value is -1.22. The second kappa shape index (κ2) is 16.4. The number of hydrogen-bond donors (Lipinski definition) is 1. The van der Waals surface area contributed by atoms with E-state index in [1.807, 2.05) is 0 Å². The van der Waals surface area contributed by atoms with Crippen LogP contribution in [-0.4, -0.2) is 24.2 Å². The Labute approximate surface area is 193 Å². The Balaban J connectivity index is 1.66. The molecular formula is C28H50N2O. The van der Waals surface area contributed by atoms with E-state index in [1.54, 1.807) is 0 Å². The van der Waals surface area contributed by atoms with Crippen molar-refractivity contribution in [2.75, 3.05) is 18.4 Å². The van der Waals surface area contributed by atoms with Crippen molar-refractivity contribution >= 4 is 5.69 Å². The van der Waals surface area contributed by atoms with Crippen LogP contribution >= 0.6 is 0 Å². The minimum absolute atomic E-state index is 0.590. The van der Waals surface area contributed by atoms with Gasteiger partial charge in [-0.15, -0.1) is 5.06 Å². The molecule has 0 aromatic heterocycles. The van der Waals surface area contributed by atoms with Crippen LogP contribution in [0, 0.1) is 6.92 Å². The molecule has 2 rings (SSSR count). The maximum atomic E-state index is 6.14. The summed E-state index contributed by atoms with van der Waals surface area (Å²) in [7, 11) is 0.